The van der Waals surface area contributed by atoms with Crippen molar-refractivity contribution in [3.05, 3.63) is 58.6 Å². The molecular weight excluding hydrogens is 380 g/mol. The molecule has 0 atom stereocenters. The van der Waals surface area contributed by atoms with Crippen LogP contribution in [0.3, 0.4) is 0 Å². The molecule has 148 valence electrons. The molecular formula is C21H23ClN2O4. The van der Waals surface area contributed by atoms with E-state index in [0.717, 1.165) is 0 Å². The quantitative estimate of drug-likeness (QED) is 0.682. The molecule has 0 radical (unpaired) electrons. The molecule has 0 fully saturated rings. The van der Waals surface area contributed by atoms with Gasteiger partial charge in [-0.15, -0.1) is 0 Å². The summed E-state index contributed by atoms with van der Waals surface area (Å²) in [5.74, 6) is 0.460. The van der Waals surface area contributed by atoms with Crippen LogP contribution in [0.4, 0.5) is 5.69 Å². The molecule has 7 heteroatoms. The van der Waals surface area contributed by atoms with Crippen LogP contribution >= 0.6 is 11.6 Å². The van der Waals surface area contributed by atoms with Gasteiger partial charge in [0.25, 0.3) is 5.91 Å². The summed E-state index contributed by atoms with van der Waals surface area (Å²) in [6.45, 7) is 3.80. The fraction of sp³-hybridized carbons (Fsp3) is 0.238. The Kier molecular flexibility index (Phi) is 7.46. The molecule has 0 aliphatic heterocycles. The van der Waals surface area contributed by atoms with Crippen molar-refractivity contribution in [2.75, 3.05) is 19.5 Å². The minimum absolute atomic E-state index is 0.0478. The summed E-state index contributed by atoms with van der Waals surface area (Å²) >= 11 is 6.28. The second-order valence-corrected chi connectivity index (χ2v) is 6.59. The van der Waals surface area contributed by atoms with Crippen molar-refractivity contribution < 1.29 is 19.1 Å². The molecule has 0 saturated heterocycles. The van der Waals surface area contributed by atoms with Crippen molar-refractivity contribution in [3.8, 4) is 11.5 Å². The van der Waals surface area contributed by atoms with E-state index in [2.05, 4.69) is 10.6 Å². The van der Waals surface area contributed by atoms with Crippen molar-refractivity contribution in [2.24, 2.45) is 0 Å². The molecule has 2 aromatic carbocycles. The van der Waals surface area contributed by atoms with Crippen LogP contribution in [-0.2, 0) is 4.79 Å². The minimum Gasteiger partial charge on any atom is -0.493 e. The van der Waals surface area contributed by atoms with Gasteiger partial charge in [-0.1, -0.05) is 11.6 Å². The van der Waals surface area contributed by atoms with E-state index in [0.29, 0.717) is 33.3 Å². The van der Waals surface area contributed by atoms with E-state index in [4.69, 9.17) is 21.1 Å². The Morgan fingerprint density at radius 1 is 1.14 bits per heavy atom. The van der Waals surface area contributed by atoms with Gasteiger partial charge in [0.15, 0.2) is 11.5 Å². The lowest BCUT2D eigenvalue weighted by Crippen LogP contribution is -2.17. The van der Waals surface area contributed by atoms with E-state index < -0.39 is 0 Å². The number of hydrogen-bond acceptors (Lipinski definition) is 4. The van der Waals surface area contributed by atoms with E-state index in [1.807, 2.05) is 13.8 Å². The van der Waals surface area contributed by atoms with Gasteiger partial charge in [0.1, 0.15) is 0 Å². The highest BCUT2D eigenvalue weighted by molar-refractivity contribution is 6.32. The summed E-state index contributed by atoms with van der Waals surface area (Å²) in [6.07, 6.45) is 2.97. The average molecular weight is 403 g/mol. The molecule has 0 bridgehead atoms. The van der Waals surface area contributed by atoms with Gasteiger partial charge in [-0.05, 0) is 61.9 Å². The zero-order valence-electron chi connectivity index (χ0n) is 16.2. The predicted octanol–water partition coefficient (Wildman–Crippen LogP) is 4.15. The van der Waals surface area contributed by atoms with Crippen molar-refractivity contribution in [1.29, 1.82) is 0 Å². The van der Waals surface area contributed by atoms with E-state index in [-0.39, 0.29) is 17.9 Å². The number of carbonyl (C=O) groups excluding carboxylic acids is 2. The Hall–Kier alpha value is -2.99. The molecule has 0 aliphatic rings. The van der Waals surface area contributed by atoms with Gasteiger partial charge in [0, 0.05) is 24.4 Å². The smallest absolute Gasteiger partial charge is 0.251 e. The molecule has 6 nitrogen and oxygen atoms in total. The largest absolute Gasteiger partial charge is 0.493 e. The third-order valence-electron chi connectivity index (χ3n) is 3.67. The number of nitrogens with one attached hydrogen (secondary N) is 2. The molecule has 0 spiro atoms. The third-order valence-corrected chi connectivity index (χ3v) is 3.95. The van der Waals surface area contributed by atoms with Crippen LogP contribution in [0.2, 0.25) is 5.02 Å². The molecule has 0 unspecified atom stereocenters. The van der Waals surface area contributed by atoms with Gasteiger partial charge in [-0.25, -0.2) is 0 Å². The maximum Gasteiger partial charge on any atom is 0.251 e. The van der Waals surface area contributed by atoms with Crippen LogP contribution in [0, 0.1) is 0 Å². The van der Waals surface area contributed by atoms with Crippen LogP contribution in [0.5, 0.6) is 11.5 Å². The SMILES string of the molecule is CNC(=O)c1ccc(NC(=O)/C=C/c2cc(Cl)c(OC(C)C)c(OC)c2)cc1. The predicted molar refractivity (Wildman–Crippen MR) is 111 cm³/mol. The van der Waals surface area contributed by atoms with Crippen molar-refractivity contribution in [1.82, 2.24) is 5.32 Å². The lowest BCUT2D eigenvalue weighted by atomic mass is 10.1. The van der Waals surface area contributed by atoms with E-state index in [1.165, 1.54) is 13.2 Å². The molecule has 0 aliphatic carbocycles. The van der Waals surface area contributed by atoms with E-state index in [9.17, 15) is 9.59 Å². The molecule has 28 heavy (non-hydrogen) atoms. The van der Waals surface area contributed by atoms with Gasteiger partial charge >= 0.3 is 0 Å². The highest BCUT2D eigenvalue weighted by Gasteiger charge is 2.13. The van der Waals surface area contributed by atoms with Crippen LogP contribution < -0.4 is 20.1 Å². The zero-order chi connectivity index (χ0) is 20.7. The summed E-state index contributed by atoms with van der Waals surface area (Å²) in [4.78, 5) is 23.7. The van der Waals surface area contributed by atoms with Crippen molar-refractivity contribution in [3.63, 3.8) is 0 Å². The first-order valence-corrected chi connectivity index (χ1v) is 9.07. The fourth-order valence-corrected chi connectivity index (χ4v) is 2.65. The number of hydrogen-bond donors (Lipinski definition) is 2. The summed E-state index contributed by atoms with van der Waals surface area (Å²) < 4.78 is 11.0. The minimum atomic E-state index is -0.315. The van der Waals surface area contributed by atoms with E-state index >= 15 is 0 Å². The topological polar surface area (TPSA) is 76.7 Å². The van der Waals surface area contributed by atoms with E-state index in [1.54, 1.807) is 49.5 Å². The molecule has 2 rings (SSSR count). The number of amides is 2. The van der Waals surface area contributed by atoms with Gasteiger partial charge in [0.05, 0.1) is 18.2 Å². The summed E-state index contributed by atoms with van der Waals surface area (Å²) in [6, 6.07) is 10.0. The lowest BCUT2D eigenvalue weighted by molar-refractivity contribution is -0.111. The average Bonchev–Trinajstić information content (AvgIpc) is 2.67. The van der Waals surface area contributed by atoms with Crippen LogP contribution in [0.15, 0.2) is 42.5 Å². The molecule has 2 aromatic rings. The normalized spacial score (nSPS) is 10.8. The Morgan fingerprint density at radius 2 is 1.82 bits per heavy atom. The first-order valence-electron chi connectivity index (χ1n) is 8.69. The molecule has 2 amide bonds. The lowest BCUT2D eigenvalue weighted by Gasteiger charge is -2.15. The summed E-state index contributed by atoms with van der Waals surface area (Å²) in [7, 11) is 3.09. The number of rotatable bonds is 7. The first-order chi connectivity index (χ1) is 13.3. The number of carbonyl (C=O) groups is 2. The molecule has 0 heterocycles. The molecule has 2 N–H and O–H groups in total. The fourth-order valence-electron chi connectivity index (χ4n) is 2.39. The van der Waals surface area contributed by atoms with Gasteiger partial charge < -0.3 is 20.1 Å². The van der Waals surface area contributed by atoms with Crippen LogP contribution in [0.1, 0.15) is 29.8 Å². The number of benzene rings is 2. The Morgan fingerprint density at radius 3 is 2.39 bits per heavy atom. The van der Waals surface area contributed by atoms with Crippen molar-refractivity contribution >= 4 is 35.2 Å². The Labute approximate surface area is 169 Å². The van der Waals surface area contributed by atoms with Gasteiger partial charge in [-0.3, -0.25) is 9.59 Å². The highest BCUT2D eigenvalue weighted by Crippen LogP contribution is 2.37. The Balaban J connectivity index is 2.09. The summed E-state index contributed by atoms with van der Waals surface area (Å²) in [5, 5.41) is 5.67. The first kappa shape index (κ1) is 21.3. The standard InChI is InChI=1S/C21H23ClN2O4/c1-13(2)28-20-17(22)11-14(12-18(20)27-4)5-10-19(25)24-16-8-6-15(7-9-16)21(26)23-3/h5-13H,1-4H3,(H,23,26)(H,24,25)/b10-5+. The highest BCUT2D eigenvalue weighted by atomic mass is 35.5. The molecule has 0 saturated carbocycles. The molecule has 0 aromatic heterocycles. The van der Waals surface area contributed by atoms with Crippen molar-refractivity contribution in [2.45, 2.75) is 20.0 Å². The number of ether oxygens (including phenoxy) is 2. The number of methoxy groups -OCH3 is 1. The van der Waals surface area contributed by atoms with Crippen LogP contribution in [0.25, 0.3) is 6.08 Å². The second-order valence-electron chi connectivity index (χ2n) is 6.18. The second kappa shape index (κ2) is 9.80. The zero-order valence-corrected chi connectivity index (χ0v) is 17.0. The number of halogens is 1. The van der Waals surface area contributed by atoms with Crippen LogP contribution in [-0.4, -0.2) is 32.1 Å². The summed E-state index contributed by atoms with van der Waals surface area (Å²) in [5.41, 5.74) is 1.79. The Bertz CT molecular complexity index is 877. The maximum absolute atomic E-state index is 12.1. The van der Waals surface area contributed by atoms with Gasteiger partial charge in [-0.2, -0.15) is 0 Å². The van der Waals surface area contributed by atoms with Gasteiger partial charge in [0.2, 0.25) is 5.91 Å². The monoisotopic (exact) mass is 402 g/mol. The third kappa shape index (κ3) is 5.76. The number of anilines is 1. The maximum atomic E-state index is 12.1.